The molecule has 0 radical (unpaired) electrons. The molecule has 2 N–H and O–H groups in total. The monoisotopic (exact) mass is 364 g/mol. The Bertz CT molecular complexity index is 648. The summed E-state index contributed by atoms with van der Waals surface area (Å²) in [7, 11) is 1.24. The van der Waals surface area contributed by atoms with Crippen LogP contribution in [0.4, 0.5) is 4.39 Å². The third-order valence-electron chi connectivity index (χ3n) is 3.78. The fourth-order valence-electron chi connectivity index (χ4n) is 2.47. The van der Waals surface area contributed by atoms with Crippen molar-refractivity contribution in [1.29, 1.82) is 0 Å². The lowest BCUT2D eigenvalue weighted by Gasteiger charge is -2.22. The van der Waals surface area contributed by atoms with E-state index in [4.69, 9.17) is 4.74 Å². The summed E-state index contributed by atoms with van der Waals surface area (Å²) in [5.74, 6) is -2.04. The van der Waals surface area contributed by atoms with Gasteiger partial charge >= 0.3 is 5.97 Å². The van der Waals surface area contributed by atoms with Crippen molar-refractivity contribution in [2.75, 3.05) is 7.11 Å². The molecule has 0 heterocycles. The molecule has 7 heteroatoms. The minimum Gasteiger partial charge on any atom is -0.467 e. The molecule has 142 valence electrons. The summed E-state index contributed by atoms with van der Waals surface area (Å²) < 4.78 is 18.6. The molecule has 1 aromatic carbocycles. The van der Waals surface area contributed by atoms with E-state index in [1.165, 1.54) is 20.1 Å². The van der Waals surface area contributed by atoms with Crippen molar-refractivity contribution in [3.63, 3.8) is 0 Å². The second-order valence-corrected chi connectivity index (χ2v) is 5.85. The van der Waals surface area contributed by atoms with Crippen LogP contribution in [0.3, 0.4) is 0 Å². The summed E-state index contributed by atoms with van der Waals surface area (Å²) in [6, 6.07) is 4.16. The van der Waals surface area contributed by atoms with Crippen molar-refractivity contribution < 1.29 is 23.5 Å². The molecule has 0 spiro atoms. The first-order valence-electron chi connectivity index (χ1n) is 8.38. The Labute approximate surface area is 152 Å². The molecule has 0 aliphatic heterocycles. The molecule has 0 aliphatic carbocycles. The first-order chi connectivity index (χ1) is 12.4. The van der Waals surface area contributed by atoms with Gasteiger partial charge in [-0.2, -0.15) is 0 Å². The number of hydrogen-bond acceptors (Lipinski definition) is 4. The number of nitrogens with one attached hydrogen (secondary N) is 2. The van der Waals surface area contributed by atoms with Crippen LogP contribution in [0.1, 0.15) is 31.7 Å². The smallest absolute Gasteiger partial charge is 0.328 e. The summed E-state index contributed by atoms with van der Waals surface area (Å²) in [6.45, 7) is 4.88. The molecule has 0 bridgehead atoms. The zero-order valence-electron chi connectivity index (χ0n) is 15.1. The van der Waals surface area contributed by atoms with Gasteiger partial charge < -0.3 is 15.4 Å². The first kappa shape index (κ1) is 21.3. The quantitative estimate of drug-likeness (QED) is 0.377. The summed E-state index contributed by atoms with van der Waals surface area (Å²) in [6.07, 6.45) is 3.39. The summed E-state index contributed by atoms with van der Waals surface area (Å²) in [4.78, 5) is 35.9. The number of unbranched alkanes of at least 4 members (excludes halogenated alkanes) is 1. The van der Waals surface area contributed by atoms with Crippen LogP contribution >= 0.6 is 0 Å². The number of methoxy groups -OCH3 is 1. The Morgan fingerprint density at radius 2 is 1.92 bits per heavy atom. The highest BCUT2D eigenvalue weighted by Crippen LogP contribution is 2.10. The van der Waals surface area contributed by atoms with Crippen LogP contribution in [0.15, 0.2) is 36.9 Å². The van der Waals surface area contributed by atoms with Crippen molar-refractivity contribution >= 4 is 17.8 Å². The van der Waals surface area contributed by atoms with E-state index in [0.29, 0.717) is 24.8 Å². The predicted octanol–water partition coefficient (Wildman–Crippen LogP) is 1.89. The van der Waals surface area contributed by atoms with Gasteiger partial charge in [0.2, 0.25) is 11.8 Å². The molecule has 0 saturated heterocycles. The zero-order valence-corrected chi connectivity index (χ0v) is 15.1. The molecule has 0 fully saturated rings. The Morgan fingerprint density at radius 3 is 2.50 bits per heavy atom. The number of amides is 2. The van der Waals surface area contributed by atoms with Crippen LogP contribution in [0.2, 0.25) is 0 Å². The van der Waals surface area contributed by atoms with Gasteiger partial charge in [0.1, 0.15) is 17.9 Å². The summed E-state index contributed by atoms with van der Waals surface area (Å²) in [5, 5.41) is 5.09. The van der Waals surface area contributed by atoms with Gasteiger partial charge in [0.25, 0.3) is 0 Å². The minimum absolute atomic E-state index is 0.0291. The lowest BCUT2D eigenvalue weighted by molar-refractivity contribution is -0.145. The van der Waals surface area contributed by atoms with Gasteiger partial charge in [0, 0.05) is 13.3 Å². The van der Waals surface area contributed by atoms with Crippen LogP contribution in [0, 0.1) is 5.82 Å². The summed E-state index contributed by atoms with van der Waals surface area (Å²) >= 11 is 0. The Kier molecular flexibility index (Phi) is 9.05. The second kappa shape index (κ2) is 11.0. The van der Waals surface area contributed by atoms with Gasteiger partial charge in [-0.05, 0) is 30.9 Å². The van der Waals surface area contributed by atoms with Crippen molar-refractivity contribution in [3.8, 4) is 0 Å². The van der Waals surface area contributed by atoms with E-state index < -0.39 is 35.7 Å². The normalized spacial score (nSPS) is 12.6. The van der Waals surface area contributed by atoms with Crippen molar-refractivity contribution in [1.82, 2.24) is 10.6 Å². The molecule has 2 amide bonds. The largest absolute Gasteiger partial charge is 0.467 e. The highest BCUT2D eigenvalue weighted by atomic mass is 19.1. The number of carbonyl (C=O) groups is 3. The lowest BCUT2D eigenvalue weighted by Crippen LogP contribution is -2.52. The number of hydrogen-bond donors (Lipinski definition) is 2. The SMILES string of the molecule is C=CCCC[C@H](NC(=O)[C@@H](Cc1ccccc1F)NC(C)=O)C(=O)OC. The standard InChI is InChI=1S/C19H25FN2O4/c1-4-5-6-11-16(19(25)26-3)22-18(24)17(21-13(2)23)12-14-9-7-8-10-15(14)20/h4,7-10,16-17H,1,5-6,11-12H2,2-3H3,(H,21,23)(H,22,24)/t16-,17+/m0/s1. The van der Waals surface area contributed by atoms with E-state index >= 15 is 0 Å². The topological polar surface area (TPSA) is 84.5 Å². The van der Waals surface area contributed by atoms with Gasteiger partial charge in [-0.15, -0.1) is 6.58 Å². The van der Waals surface area contributed by atoms with Gasteiger partial charge in [0.05, 0.1) is 7.11 Å². The molecule has 1 rings (SSSR count). The van der Waals surface area contributed by atoms with E-state index in [2.05, 4.69) is 17.2 Å². The molecule has 26 heavy (non-hydrogen) atoms. The fourth-order valence-corrected chi connectivity index (χ4v) is 2.47. The van der Waals surface area contributed by atoms with Crippen LogP contribution in [-0.2, 0) is 25.5 Å². The van der Waals surface area contributed by atoms with E-state index in [9.17, 15) is 18.8 Å². The predicted molar refractivity (Wildman–Crippen MR) is 95.7 cm³/mol. The molecular weight excluding hydrogens is 339 g/mol. The number of benzene rings is 1. The van der Waals surface area contributed by atoms with Crippen LogP contribution < -0.4 is 10.6 Å². The van der Waals surface area contributed by atoms with E-state index in [1.54, 1.807) is 24.3 Å². The average molecular weight is 364 g/mol. The minimum atomic E-state index is -1.00. The Hall–Kier alpha value is -2.70. The van der Waals surface area contributed by atoms with Crippen molar-refractivity contribution in [2.45, 2.75) is 44.7 Å². The van der Waals surface area contributed by atoms with Crippen LogP contribution in [-0.4, -0.2) is 37.0 Å². The maximum atomic E-state index is 13.9. The molecule has 0 unspecified atom stereocenters. The number of rotatable bonds is 10. The first-order valence-corrected chi connectivity index (χ1v) is 8.38. The van der Waals surface area contributed by atoms with Crippen LogP contribution in [0.25, 0.3) is 0 Å². The molecule has 0 saturated carbocycles. The molecule has 1 aromatic rings. The highest BCUT2D eigenvalue weighted by Gasteiger charge is 2.27. The molecule has 2 atom stereocenters. The number of halogens is 1. The maximum absolute atomic E-state index is 13.9. The Balaban J connectivity index is 2.88. The van der Waals surface area contributed by atoms with E-state index in [0.717, 1.165) is 0 Å². The van der Waals surface area contributed by atoms with Gasteiger partial charge in [0.15, 0.2) is 0 Å². The lowest BCUT2D eigenvalue weighted by atomic mass is 10.0. The van der Waals surface area contributed by atoms with Gasteiger partial charge in [-0.3, -0.25) is 9.59 Å². The maximum Gasteiger partial charge on any atom is 0.328 e. The zero-order chi connectivity index (χ0) is 19.5. The number of esters is 1. The van der Waals surface area contributed by atoms with E-state index in [1.807, 2.05) is 0 Å². The van der Waals surface area contributed by atoms with Crippen molar-refractivity contribution in [2.24, 2.45) is 0 Å². The van der Waals surface area contributed by atoms with Crippen LogP contribution in [0.5, 0.6) is 0 Å². The fraction of sp³-hybridized carbons (Fsp3) is 0.421. The third kappa shape index (κ3) is 7.04. The third-order valence-corrected chi connectivity index (χ3v) is 3.78. The van der Waals surface area contributed by atoms with E-state index in [-0.39, 0.29) is 6.42 Å². The summed E-state index contributed by atoms with van der Waals surface area (Å²) in [5.41, 5.74) is 0.294. The van der Waals surface area contributed by atoms with Gasteiger partial charge in [-0.1, -0.05) is 24.3 Å². The van der Waals surface area contributed by atoms with Crippen molar-refractivity contribution in [3.05, 3.63) is 48.3 Å². The number of carbonyl (C=O) groups excluding carboxylic acids is 3. The molecule has 0 aliphatic rings. The number of ether oxygens (including phenoxy) is 1. The molecule has 0 aromatic heterocycles. The molecule has 6 nitrogen and oxygen atoms in total. The highest BCUT2D eigenvalue weighted by molar-refractivity contribution is 5.90. The van der Waals surface area contributed by atoms with Gasteiger partial charge in [-0.25, -0.2) is 9.18 Å². The Morgan fingerprint density at radius 1 is 1.23 bits per heavy atom. The second-order valence-electron chi connectivity index (χ2n) is 5.85. The molecular formula is C19H25FN2O4. The average Bonchev–Trinajstić information content (AvgIpc) is 2.61. The number of allylic oxidation sites excluding steroid dienone is 1.